The number of nitrogens with zero attached hydrogens (tertiary/aromatic N) is 2. The van der Waals surface area contributed by atoms with Gasteiger partial charge in [0.2, 0.25) is 5.82 Å². The van der Waals surface area contributed by atoms with E-state index in [4.69, 9.17) is 9.51 Å². The zero-order chi connectivity index (χ0) is 23.8. The molecule has 0 amide bonds. The maximum atomic E-state index is 10.9. The summed E-state index contributed by atoms with van der Waals surface area (Å²) in [6.07, 6.45) is 6.38. The highest BCUT2D eigenvalue weighted by molar-refractivity contribution is 5.71. The van der Waals surface area contributed by atoms with E-state index in [0.717, 1.165) is 49.5 Å². The maximum Gasteiger partial charge on any atom is 0.258 e. The van der Waals surface area contributed by atoms with E-state index < -0.39 is 0 Å². The number of aldehydes is 1. The van der Waals surface area contributed by atoms with Gasteiger partial charge in [0.25, 0.3) is 5.89 Å². The van der Waals surface area contributed by atoms with Crippen LogP contribution in [0.4, 0.5) is 0 Å². The third kappa shape index (κ3) is 4.32. The Hall–Kier alpha value is -3.57. The van der Waals surface area contributed by atoms with Gasteiger partial charge in [-0.05, 0) is 85.0 Å². The molecule has 1 unspecified atom stereocenters. The molecule has 5 nitrogen and oxygen atoms in total. The summed E-state index contributed by atoms with van der Waals surface area (Å²) < 4.78 is 5.66. The van der Waals surface area contributed by atoms with Gasteiger partial charge in [-0.3, -0.25) is 0 Å². The lowest BCUT2D eigenvalue weighted by Gasteiger charge is -2.37. The Balaban J connectivity index is 1.21. The molecule has 3 aromatic carbocycles. The second-order valence-corrected chi connectivity index (χ2v) is 9.91. The predicted octanol–water partition coefficient (Wildman–Crippen LogP) is 6.32. The number of aryl methyl sites for hydroxylation is 2. The molecule has 5 heteroatoms. The Morgan fingerprint density at radius 3 is 2.60 bits per heavy atom. The van der Waals surface area contributed by atoms with Crippen LogP contribution >= 0.6 is 0 Å². The van der Waals surface area contributed by atoms with Crippen molar-refractivity contribution in [3.63, 3.8) is 0 Å². The van der Waals surface area contributed by atoms with Crippen LogP contribution in [0.25, 0.3) is 34.0 Å². The van der Waals surface area contributed by atoms with E-state index in [2.05, 4.69) is 72.0 Å². The minimum absolute atomic E-state index is 0.240. The molecule has 1 N–H and O–H groups in total. The number of benzene rings is 3. The number of fused-ring (bicyclic) bond motifs is 1. The third-order valence-corrected chi connectivity index (χ3v) is 7.50. The summed E-state index contributed by atoms with van der Waals surface area (Å²) in [5.41, 5.74) is 8.21. The van der Waals surface area contributed by atoms with Gasteiger partial charge >= 0.3 is 0 Å². The highest BCUT2D eigenvalue weighted by Gasteiger charge is 2.32. The van der Waals surface area contributed by atoms with Crippen molar-refractivity contribution in [3.8, 4) is 34.0 Å². The van der Waals surface area contributed by atoms with Gasteiger partial charge in [-0.25, -0.2) is 0 Å². The fourth-order valence-corrected chi connectivity index (χ4v) is 5.52. The van der Waals surface area contributed by atoms with Gasteiger partial charge in [-0.2, -0.15) is 4.98 Å². The summed E-state index contributed by atoms with van der Waals surface area (Å²) in [4.78, 5) is 15.7. The molecule has 1 saturated carbocycles. The summed E-state index contributed by atoms with van der Waals surface area (Å²) in [5, 5.41) is 8.07. The molecule has 0 spiro atoms. The van der Waals surface area contributed by atoms with Crippen molar-refractivity contribution in [3.05, 3.63) is 83.4 Å². The summed E-state index contributed by atoms with van der Waals surface area (Å²) in [7, 11) is 0. The number of nitrogens with one attached hydrogen (secondary N) is 1. The molecule has 1 atom stereocenters. The molecule has 2 aliphatic rings. The van der Waals surface area contributed by atoms with Gasteiger partial charge in [-0.1, -0.05) is 53.7 Å². The van der Waals surface area contributed by atoms with Gasteiger partial charge in [-0.15, -0.1) is 0 Å². The molecule has 4 aromatic rings. The lowest BCUT2D eigenvalue weighted by molar-refractivity contribution is -0.113. The summed E-state index contributed by atoms with van der Waals surface area (Å²) >= 11 is 0. The number of hydrogen-bond acceptors (Lipinski definition) is 5. The molecular formula is C30H29N3O2. The second-order valence-electron chi connectivity index (χ2n) is 9.91. The average molecular weight is 464 g/mol. The van der Waals surface area contributed by atoms with Crippen molar-refractivity contribution >= 4 is 6.29 Å². The smallest absolute Gasteiger partial charge is 0.258 e. The quantitative estimate of drug-likeness (QED) is 0.339. The first-order valence-electron chi connectivity index (χ1n) is 12.5. The first-order chi connectivity index (χ1) is 17.2. The summed E-state index contributed by atoms with van der Waals surface area (Å²) in [6.45, 7) is 2.11. The topological polar surface area (TPSA) is 68.0 Å². The molecule has 0 aliphatic heterocycles. The van der Waals surface area contributed by atoms with Gasteiger partial charge in [0, 0.05) is 29.1 Å². The van der Waals surface area contributed by atoms with Gasteiger partial charge < -0.3 is 14.6 Å². The van der Waals surface area contributed by atoms with Crippen LogP contribution in [0.2, 0.25) is 0 Å². The number of hydrogen-bond donors (Lipinski definition) is 1. The molecule has 176 valence electrons. The van der Waals surface area contributed by atoms with E-state index in [-0.39, 0.29) is 5.92 Å². The van der Waals surface area contributed by atoms with Gasteiger partial charge in [0.05, 0.1) is 0 Å². The molecule has 0 radical (unpaired) electrons. The van der Waals surface area contributed by atoms with E-state index in [0.29, 0.717) is 23.8 Å². The fraction of sp³-hybridized carbons (Fsp3) is 0.300. The summed E-state index contributed by atoms with van der Waals surface area (Å²) in [6, 6.07) is 24.0. The van der Waals surface area contributed by atoms with E-state index in [1.807, 2.05) is 12.1 Å². The first-order valence-corrected chi connectivity index (χ1v) is 12.5. The molecule has 2 aliphatic carbocycles. The summed E-state index contributed by atoms with van der Waals surface area (Å²) in [5.74, 6) is 1.40. The van der Waals surface area contributed by atoms with Crippen molar-refractivity contribution in [2.24, 2.45) is 5.92 Å². The number of aromatic nitrogens is 2. The van der Waals surface area contributed by atoms with Gasteiger partial charge in [0.1, 0.15) is 6.29 Å². The second kappa shape index (κ2) is 9.23. The standard InChI is InChI=1S/C30H29N3O2/c1-19-14-24(11-12-26(19)21-6-3-2-4-7-21)30-32-29(33-35-30)23-10-13-27-22(17-23)8-5-9-28(27)31-25-15-20(16-25)18-34/h2-4,6-7,10-14,17-18,20,25,28,31H,5,8-9,15-16H2,1H3/t20-,25-,28?. The maximum absolute atomic E-state index is 10.9. The lowest BCUT2D eigenvalue weighted by atomic mass is 9.79. The van der Waals surface area contributed by atoms with Crippen molar-refractivity contribution in [2.45, 2.75) is 51.1 Å². The van der Waals surface area contributed by atoms with Crippen LogP contribution in [-0.2, 0) is 11.2 Å². The Kier molecular flexibility index (Phi) is 5.78. The van der Waals surface area contributed by atoms with Crippen molar-refractivity contribution in [1.29, 1.82) is 0 Å². The van der Waals surface area contributed by atoms with Crippen LogP contribution in [-0.4, -0.2) is 22.5 Å². The van der Waals surface area contributed by atoms with Crippen LogP contribution < -0.4 is 5.32 Å². The van der Waals surface area contributed by atoms with E-state index >= 15 is 0 Å². The molecule has 35 heavy (non-hydrogen) atoms. The molecule has 0 saturated heterocycles. The van der Waals surface area contributed by atoms with E-state index in [1.165, 1.54) is 27.8 Å². The number of rotatable bonds is 6. The molecule has 1 heterocycles. The Labute approximate surface area is 205 Å². The molecule has 6 rings (SSSR count). The minimum atomic E-state index is 0.240. The van der Waals surface area contributed by atoms with Crippen molar-refractivity contribution in [2.75, 3.05) is 0 Å². The van der Waals surface area contributed by atoms with Crippen LogP contribution in [0, 0.1) is 12.8 Å². The van der Waals surface area contributed by atoms with E-state index in [9.17, 15) is 4.79 Å². The Morgan fingerprint density at radius 1 is 0.971 bits per heavy atom. The monoisotopic (exact) mass is 463 g/mol. The molecule has 1 fully saturated rings. The number of carbonyl (C=O) groups is 1. The lowest BCUT2D eigenvalue weighted by Crippen LogP contribution is -2.44. The Bertz CT molecular complexity index is 1360. The zero-order valence-electron chi connectivity index (χ0n) is 19.9. The Morgan fingerprint density at radius 2 is 1.80 bits per heavy atom. The van der Waals surface area contributed by atoms with Crippen molar-refractivity contribution < 1.29 is 9.32 Å². The normalized spacial score (nSPS) is 21.2. The number of carbonyl (C=O) groups excluding carboxylic acids is 1. The minimum Gasteiger partial charge on any atom is -0.334 e. The van der Waals surface area contributed by atoms with Crippen LogP contribution in [0.15, 0.2) is 71.3 Å². The highest BCUT2D eigenvalue weighted by atomic mass is 16.5. The molecule has 1 aromatic heterocycles. The average Bonchev–Trinajstić information content (AvgIpc) is 3.36. The largest absolute Gasteiger partial charge is 0.334 e. The predicted molar refractivity (Wildman–Crippen MR) is 137 cm³/mol. The van der Waals surface area contributed by atoms with E-state index in [1.54, 1.807) is 0 Å². The fourth-order valence-electron chi connectivity index (χ4n) is 5.52. The van der Waals surface area contributed by atoms with Crippen LogP contribution in [0.3, 0.4) is 0 Å². The zero-order valence-corrected chi connectivity index (χ0v) is 19.9. The van der Waals surface area contributed by atoms with Gasteiger partial charge in [0.15, 0.2) is 0 Å². The van der Waals surface area contributed by atoms with Crippen molar-refractivity contribution in [1.82, 2.24) is 15.5 Å². The first kappa shape index (κ1) is 21.9. The highest BCUT2D eigenvalue weighted by Crippen LogP contribution is 2.36. The van der Waals surface area contributed by atoms with Crippen LogP contribution in [0.1, 0.15) is 48.4 Å². The van der Waals surface area contributed by atoms with Crippen LogP contribution in [0.5, 0.6) is 0 Å². The third-order valence-electron chi connectivity index (χ3n) is 7.50. The molecular weight excluding hydrogens is 434 g/mol. The molecule has 0 bridgehead atoms. The SMILES string of the molecule is Cc1cc(-c2nc(-c3ccc4c(c3)CCCC4N[C@H]3C[C@H](C=O)C3)no2)ccc1-c1ccccc1.